The summed E-state index contributed by atoms with van der Waals surface area (Å²) >= 11 is 0. The lowest BCUT2D eigenvalue weighted by Crippen LogP contribution is -2.37. The van der Waals surface area contributed by atoms with Crippen LogP contribution in [0.25, 0.3) is 0 Å². The van der Waals surface area contributed by atoms with Crippen LogP contribution in [0, 0.1) is 0 Å². The van der Waals surface area contributed by atoms with E-state index in [4.69, 9.17) is 14.0 Å². The molecule has 0 unspecified atom stereocenters. The summed E-state index contributed by atoms with van der Waals surface area (Å²) in [7, 11) is -7.04. The SMILES string of the molecule is CS(=O)(=O)OCCCN1CCOCC1.O=S(=O)(O)CCCCN1CCOCC1. The van der Waals surface area contributed by atoms with Crippen molar-refractivity contribution in [3.63, 3.8) is 0 Å². The summed E-state index contributed by atoms with van der Waals surface area (Å²) in [5.41, 5.74) is 0. The minimum absolute atomic E-state index is 0.128. The molecule has 12 heteroatoms. The van der Waals surface area contributed by atoms with Gasteiger partial charge in [0.05, 0.1) is 45.0 Å². The van der Waals surface area contributed by atoms with E-state index in [0.717, 1.165) is 84.8 Å². The van der Waals surface area contributed by atoms with E-state index in [9.17, 15) is 16.8 Å². The molecule has 2 heterocycles. The first-order valence-electron chi connectivity index (χ1n) is 9.55. The van der Waals surface area contributed by atoms with Crippen molar-refractivity contribution < 1.29 is 35.0 Å². The van der Waals surface area contributed by atoms with Crippen LogP contribution in [0.15, 0.2) is 0 Å². The number of nitrogens with zero attached hydrogens (tertiary/aromatic N) is 2. The third-order valence-corrected chi connectivity index (χ3v) is 5.65. The van der Waals surface area contributed by atoms with Gasteiger partial charge in [-0.05, 0) is 25.8 Å². The van der Waals surface area contributed by atoms with Crippen molar-refractivity contribution in [1.29, 1.82) is 0 Å². The molecule has 0 radical (unpaired) electrons. The molecule has 2 rings (SSSR count). The molecule has 0 aromatic rings. The topological polar surface area (TPSA) is 123 Å². The highest BCUT2D eigenvalue weighted by molar-refractivity contribution is 7.86. The molecule has 2 aliphatic rings. The molecular formula is C16H34N2O8S2. The van der Waals surface area contributed by atoms with Gasteiger partial charge in [-0.1, -0.05) is 0 Å². The molecule has 2 fully saturated rings. The normalized spacial score (nSPS) is 19.8. The summed E-state index contributed by atoms with van der Waals surface area (Å²) in [6, 6.07) is 0. The maximum atomic E-state index is 10.6. The maximum Gasteiger partial charge on any atom is 0.264 e. The summed E-state index contributed by atoms with van der Waals surface area (Å²) < 4.78 is 65.6. The smallest absolute Gasteiger partial charge is 0.264 e. The van der Waals surface area contributed by atoms with E-state index >= 15 is 0 Å². The third-order valence-electron chi connectivity index (χ3n) is 4.25. The van der Waals surface area contributed by atoms with Gasteiger partial charge in [-0.25, -0.2) is 0 Å². The van der Waals surface area contributed by atoms with Crippen LogP contribution >= 0.6 is 0 Å². The molecule has 0 saturated carbocycles. The van der Waals surface area contributed by atoms with Gasteiger partial charge in [-0.2, -0.15) is 16.8 Å². The van der Waals surface area contributed by atoms with Crippen LogP contribution in [0.3, 0.4) is 0 Å². The fourth-order valence-corrected chi connectivity index (χ4v) is 3.76. The zero-order valence-corrected chi connectivity index (χ0v) is 18.3. The van der Waals surface area contributed by atoms with Gasteiger partial charge in [0.2, 0.25) is 0 Å². The van der Waals surface area contributed by atoms with Gasteiger partial charge in [0, 0.05) is 32.7 Å². The van der Waals surface area contributed by atoms with Gasteiger partial charge in [-0.3, -0.25) is 18.5 Å². The Morgan fingerprint density at radius 3 is 1.71 bits per heavy atom. The highest BCUT2D eigenvalue weighted by Gasteiger charge is 2.11. The van der Waals surface area contributed by atoms with Crippen molar-refractivity contribution >= 4 is 20.2 Å². The van der Waals surface area contributed by atoms with Crippen LogP contribution in [0.2, 0.25) is 0 Å². The van der Waals surface area contributed by atoms with Crippen LogP contribution in [0.4, 0.5) is 0 Å². The molecule has 28 heavy (non-hydrogen) atoms. The highest BCUT2D eigenvalue weighted by Crippen LogP contribution is 2.01. The predicted octanol–water partition coefficient (Wildman–Crippen LogP) is -0.328. The second-order valence-electron chi connectivity index (χ2n) is 6.78. The molecule has 0 aliphatic carbocycles. The van der Waals surface area contributed by atoms with Crippen molar-refractivity contribution in [3.8, 4) is 0 Å². The van der Waals surface area contributed by atoms with E-state index in [2.05, 4.69) is 14.0 Å². The molecule has 2 aliphatic heterocycles. The van der Waals surface area contributed by atoms with Crippen LogP contribution in [0.1, 0.15) is 19.3 Å². The Hall–Kier alpha value is -0.340. The Kier molecular flexibility index (Phi) is 12.7. The number of morpholine rings is 2. The highest BCUT2D eigenvalue weighted by atomic mass is 32.2. The first-order valence-corrected chi connectivity index (χ1v) is 13.0. The second-order valence-corrected chi connectivity index (χ2v) is 10.00. The largest absolute Gasteiger partial charge is 0.379 e. The van der Waals surface area contributed by atoms with E-state index < -0.39 is 20.2 Å². The maximum absolute atomic E-state index is 10.6. The van der Waals surface area contributed by atoms with Gasteiger partial charge in [0.1, 0.15) is 0 Å². The Labute approximate surface area is 169 Å². The summed E-state index contributed by atoms with van der Waals surface area (Å²) in [4.78, 5) is 4.49. The fraction of sp³-hybridized carbons (Fsp3) is 1.00. The van der Waals surface area contributed by atoms with E-state index in [1.165, 1.54) is 0 Å². The average molecular weight is 447 g/mol. The summed E-state index contributed by atoms with van der Waals surface area (Å²) in [6.07, 6.45) is 3.14. The molecule has 1 N–H and O–H groups in total. The minimum atomic E-state index is -3.77. The van der Waals surface area contributed by atoms with Crippen LogP contribution in [-0.4, -0.2) is 115 Å². The summed E-state index contributed by atoms with van der Waals surface area (Å²) in [5, 5.41) is 0. The van der Waals surface area contributed by atoms with Crippen LogP contribution in [-0.2, 0) is 33.9 Å². The first kappa shape index (κ1) is 25.7. The first-order chi connectivity index (χ1) is 13.2. The third kappa shape index (κ3) is 15.6. The minimum Gasteiger partial charge on any atom is -0.379 e. The molecule has 168 valence electrons. The van der Waals surface area contributed by atoms with Gasteiger partial charge in [0.15, 0.2) is 0 Å². The van der Waals surface area contributed by atoms with Gasteiger partial charge >= 0.3 is 0 Å². The monoisotopic (exact) mass is 446 g/mol. The zero-order chi connectivity index (χ0) is 20.9. The number of hydrogen-bond acceptors (Lipinski definition) is 9. The molecular weight excluding hydrogens is 412 g/mol. The van der Waals surface area contributed by atoms with Crippen molar-refractivity contribution in [2.45, 2.75) is 19.3 Å². The fourth-order valence-electron chi connectivity index (χ4n) is 2.77. The molecule has 0 atom stereocenters. The number of hydrogen-bond donors (Lipinski definition) is 1. The lowest BCUT2D eigenvalue weighted by molar-refractivity contribution is 0.0359. The van der Waals surface area contributed by atoms with Crippen molar-refractivity contribution in [2.24, 2.45) is 0 Å². The summed E-state index contributed by atoms with van der Waals surface area (Å²) in [5.74, 6) is -0.128. The van der Waals surface area contributed by atoms with Gasteiger partial charge in [0.25, 0.3) is 20.2 Å². The lowest BCUT2D eigenvalue weighted by Gasteiger charge is -2.26. The summed E-state index contributed by atoms with van der Waals surface area (Å²) in [6.45, 7) is 8.81. The van der Waals surface area contributed by atoms with Crippen molar-refractivity contribution in [3.05, 3.63) is 0 Å². The van der Waals surface area contributed by atoms with Crippen LogP contribution in [0.5, 0.6) is 0 Å². The van der Waals surface area contributed by atoms with E-state index in [1.807, 2.05) is 0 Å². The Balaban J connectivity index is 0.000000280. The Morgan fingerprint density at radius 1 is 0.821 bits per heavy atom. The zero-order valence-electron chi connectivity index (χ0n) is 16.6. The predicted molar refractivity (Wildman–Crippen MR) is 106 cm³/mol. The molecule has 0 bridgehead atoms. The Morgan fingerprint density at radius 2 is 1.29 bits per heavy atom. The molecule has 2 saturated heterocycles. The molecule has 10 nitrogen and oxygen atoms in total. The van der Waals surface area contributed by atoms with Gasteiger partial charge in [-0.15, -0.1) is 0 Å². The van der Waals surface area contributed by atoms with E-state index in [-0.39, 0.29) is 12.4 Å². The molecule has 0 spiro atoms. The van der Waals surface area contributed by atoms with E-state index in [0.29, 0.717) is 6.42 Å². The Bertz CT molecular complexity index is 546. The second kappa shape index (κ2) is 13.8. The van der Waals surface area contributed by atoms with Crippen molar-refractivity contribution in [2.75, 3.05) is 84.3 Å². The quantitative estimate of drug-likeness (QED) is 0.271. The lowest BCUT2D eigenvalue weighted by atomic mass is 10.3. The van der Waals surface area contributed by atoms with Crippen LogP contribution < -0.4 is 0 Å². The van der Waals surface area contributed by atoms with Gasteiger partial charge < -0.3 is 9.47 Å². The van der Waals surface area contributed by atoms with E-state index in [1.54, 1.807) is 0 Å². The molecule has 0 aromatic carbocycles. The average Bonchev–Trinajstić information content (AvgIpc) is 2.63. The number of unbranched alkanes of at least 4 members (excludes halogenated alkanes) is 1. The molecule has 0 amide bonds. The molecule has 0 aromatic heterocycles. The van der Waals surface area contributed by atoms with Crippen molar-refractivity contribution in [1.82, 2.24) is 9.80 Å². The number of rotatable bonds is 10. The standard InChI is InChI=1S/2C8H17NO4S/c1-14(10,11)13-6-2-3-9-4-7-12-8-5-9;10-14(11,12)8-2-1-3-9-4-6-13-7-5-9/h2-8H2,1H3;1-8H2,(H,10,11,12). The number of ether oxygens (including phenoxy) is 2.